The minimum atomic E-state index is 0.119. The number of ether oxygens (including phenoxy) is 2. The molecule has 0 aliphatic carbocycles. The Labute approximate surface area is 125 Å². The third-order valence-corrected chi connectivity index (χ3v) is 4.85. The van der Waals surface area contributed by atoms with E-state index in [1.54, 1.807) is 18.4 Å². The number of aromatic nitrogens is 1. The normalized spacial score (nSPS) is 23.4. The van der Waals surface area contributed by atoms with E-state index in [9.17, 15) is 0 Å². The van der Waals surface area contributed by atoms with E-state index in [0.717, 1.165) is 38.4 Å². The molecule has 0 amide bonds. The van der Waals surface area contributed by atoms with Gasteiger partial charge in [0.25, 0.3) is 0 Å². The summed E-state index contributed by atoms with van der Waals surface area (Å²) in [5, 5.41) is 6.79. The summed E-state index contributed by atoms with van der Waals surface area (Å²) >= 11 is 1.75. The molecule has 20 heavy (non-hydrogen) atoms. The molecule has 114 valence electrons. The first-order valence-corrected chi connectivity index (χ1v) is 8.17. The van der Waals surface area contributed by atoms with Gasteiger partial charge in [0.05, 0.1) is 17.3 Å². The zero-order valence-electron chi connectivity index (χ0n) is 12.9. The Morgan fingerprint density at radius 1 is 1.50 bits per heavy atom. The Morgan fingerprint density at radius 2 is 2.30 bits per heavy atom. The fourth-order valence-electron chi connectivity index (χ4n) is 2.39. The fraction of sp³-hybridized carbons (Fsp3) is 0.800. The van der Waals surface area contributed by atoms with E-state index < -0.39 is 0 Å². The van der Waals surface area contributed by atoms with E-state index in [1.165, 1.54) is 5.01 Å². The average molecular weight is 298 g/mol. The summed E-state index contributed by atoms with van der Waals surface area (Å²) in [5.74, 6) is 0.516. The van der Waals surface area contributed by atoms with E-state index in [4.69, 9.17) is 14.5 Å². The summed E-state index contributed by atoms with van der Waals surface area (Å²) in [5.41, 5.74) is 1.23. The first-order chi connectivity index (χ1) is 9.52. The van der Waals surface area contributed by atoms with Gasteiger partial charge < -0.3 is 14.8 Å². The Hall–Kier alpha value is -0.490. The summed E-state index contributed by atoms with van der Waals surface area (Å²) in [6.07, 6.45) is 1.25. The van der Waals surface area contributed by atoms with Crippen molar-refractivity contribution in [1.29, 1.82) is 0 Å². The van der Waals surface area contributed by atoms with Gasteiger partial charge in [0.1, 0.15) is 6.10 Å². The molecule has 0 saturated carbocycles. The lowest BCUT2D eigenvalue weighted by atomic mass is 9.97. The van der Waals surface area contributed by atoms with Gasteiger partial charge in [-0.3, -0.25) is 0 Å². The van der Waals surface area contributed by atoms with Crippen LogP contribution in [0.25, 0.3) is 0 Å². The number of rotatable bonds is 6. The number of methoxy groups -OCH3 is 1. The van der Waals surface area contributed by atoms with Crippen molar-refractivity contribution in [2.24, 2.45) is 5.92 Å². The lowest BCUT2D eigenvalue weighted by molar-refractivity contribution is 0.0867. The van der Waals surface area contributed by atoms with E-state index >= 15 is 0 Å². The molecule has 4 nitrogen and oxygen atoms in total. The maximum Gasteiger partial charge on any atom is 0.104 e. The highest BCUT2D eigenvalue weighted by atomic mass is 32.1. The third-order valence-electron chi connectivity index (χ3n) is 3.56. The van der Waals surface area contributed by atoms with Crippen molar-refractivity contribution < 1.29 is 9.47 Å². The second-order valence-corrected chi connectivity index (χ2v) is 7.22. The van der Waals surface area contributed by atoms with Crippen LogP contribution in [0.3, 0.4) is 0 Å². The monoisotopic (exact) mass is 298 g/mol. The van der Waals surface area contributed by atoms with Gasteiger partial charge in [0, 0.05) is 43.5 Å². The molecular weight excluding hydrogens is 272 g/mol. The Kier molecular flexibility index (Phi) is 5.55. The molecule has 5 heteroatoms. The molecule has 1 aromatic rings. The Morgan fingerprint density at radius 3 is 2.95 bits per heavy atom. The predicted octanol–water partition coefficient (Wildman–Crippen LogP) is 2.75. The number of nitrogens with one attached hydrogen (secondary N) is 1. The molecule has 2 rings (SSSR count). The minimum absolute atomic E-state index is 0.119. The van der Waals surface area contributed by atoms with Crippen LogP contribution in [0.15, 0.2) is 5.38 Å². The predicted molar refractivity (Wildman–Crippen MR) is 82.4 cm³/mol. The van der Waals surface area contributed by atoms with Crippen molar-refractivity contribution in [2.75, 3.05) is 33.4 Å². The maximum absolute atomic E-state index is 5.91. The molecule has 0 bridgehead atoms. The van der Waals surface area contributed by atoms with Gasteiger partial charge >= 0.3 is 0 Å². The van der Waals surface area contributed by atoms with Crippen molar-refractivity contribution in [2.45, 2.75) is 38.7 Å². The molecule has 2 heterocycles. The largest absolute Gasteiger partial charge is 0.383 e. The molecule has 1 aliphatic rings. The van der Waals surface area contributed by atoms with Crippen molar-refractivity contribution in [3.05, 3.63) is 16.1 Å². The van der Waals surface area contributed by atoms with Crippen molar-refractivity contribution in [1.82, 2.24) is 10.3 Å². The van der Waals surface area contributed by atoms with Crippen LogP contribution in [0.4, 0.5) is 0 Å². The lowest BCUT2D eigenvalue weighted by Crippen LogP contribution is -2.27. The summed E-state index contributed by atoms with van der Waals surface area (Å²) < 4.78 is 11.0. The highest BCUT2D eigenvalue weighted by Crippen LogP contribution is 2.36. The van der Waals surface area contributed by atoms with Crippen LogP contribution in [-0.4, -0.2) is 38.4 Å². The number of hydrogen-bond acceptors (Lipinski definition) is 5. The molecule has 2 atom stereocenters. The molecule has 1 aromatic heterocycles. The minimum Gasteiger partial charge on any atom is -0.383 e. The Balaban J connectivity index is 1.94. The van der Waals surface area contributed by atoms with E-state index in [1.807, 2.05) is 0 Å². The summed E-state index contributed by atoms with van der Waals surface area (Å²) in [6.45, 7) is 10.1. The van der Waals surface area contributed by atoms with Gasteiger partial charge in [-0.25, -0.2) is 4.98 Å². The van der Waals surface area contributed by atoms with Crippen molar-refractivity contribution in [3.8, 4) is 0 Å². The average Bonchev–Trinajstić information content (AvgIpc) is 3.02. The van der Waals surface area contributed by atoms with Crippen LogP contribution in [0.2, 0.25) is 0 Å². The highest BCUT2D eigenvalue weighted by molar-refractivity contribution is 7.09. The number of nitrogens with zero attached hydrogens (tertiary/aromatic N) is 1. The topological polar surface area (TPSA) is 43.4 Å². The fourth-order valence-corrected chi connectivity index (χ4v) is 3.32. The van der Waals surface area contributed by atoms with Gasteiger partial charge in [0.15, 0.2) is 0 Å². The molecule has 0 radical (unpaired) electrons. The molecule has 1 N–H and O–H groups in total. The maximum atomic E-state index is 5.91. The van der Waals surface area contributed by atoms with E-state index in [0.29, 0.717) is 5.92 Å². The van der Waals surface area contributed by atoms with Gasteiger partial charge in [0.2, 0.25) is 0 Å². The Bertz CT molecular complexity index is 414. The van der Waals surface area contributed by atoms with Gasteiger partial charge in [-0.2, -0.15) is 0 Å². The van der Waals surface area contributed by atoms with Crippen LogP contribution in [0.5, 0.6) is 0 Å². The van der Waals surface area contributed by atoms with Crippen molar-refractivity contribution >= 4 is 11.3 Å². The summed E-state index contributed by atoms with van der Waals surface area (Å²) in [6, 6.07) is 0. The van der Waals surface area contributed by atoms with Crippen molar-refractivity contribution in [3.63, 3.8) is 0 Å². The highest BCUT2D eigenvalue weighted by Gasteiger charge is 2.32. The van der Waals surface area contributed by atoms with Crippen LogP contribution in [0, 0.1) is 5.92 Å². The molecule has 1 fully saturated rings. The first-order valence-electron chi connectivity index (χ1n) is 7.29. The van der Waals surface area contributed by atoms with Gasteiger partial charge in [-0.05, 0) is 6.42 Å². The van der Waals surface area contributed by atoms with Crippen LogP contribution in [-0.2, 0) is 14.9 Å². The second-order valence-electron chi connectivity index (χ2n) is 6.36. The molecule has 2 unspecified atom stereocenters. The third kappa shape index (κ3) is 4.01. The number of thiazole rings is 1. The molecule has 1 saturated heterocycles. The molecule has 0 spiro atoms. The standard InChI is InChI=1S/C15H26N2O2S/c1-15(2,3)14-17-12(10-20-14)13-11(5-7-19-13)9-16-6-8-18-4/h10-11,13,16H,5-9H2,1-4H3. The second kappa shape index (κ2) is 6.98. The summed E-state index contributed by atoms with van der Waals surface area (Å²) in [4.78, 5) is 4.80. The van der Waals surface area contributed by atoms with Gasteiger partial charge in [-0.15, -0.1) is 11.3 Å². The molecule has 1 aliphatic heterocycles. The molecule has 0 aromatic carbocycles. The zero-order chi connectivity index (χ0) is 14.6. The molecular formula is C15H26N2O2S. The summed E-state index contributed by atoms with van der Waals surface area (Å²) in [7, 11) is 1.73. The SMILES string of the molecule is COCCNCC1CCOC1c1csc(C(C)(C)C)n1. The van der Waals surface area contributed by atoms with Gasteiger partial charge in [-0.1, -0.05) is 20.8 Å². The quantitative estimate of drug-likeness (QED) is 0.820. The van der Waals surface area contributed by atoms with Crippen LogP contribution >= 0.6 is 11.3 Å². The zero-order valence-corrected chi connectivity index (χ0v) is 13.8. The lowest BCUT2D eigenvalue weighted by Gasteiger charge is -2.18. The van der Waals surface area contributed by atoms with E-state index in [-0.39, 0.29) is 11.5 Å². The van der Waals surface area contributed by atoms with E-state index in [2.05, 4.69) is 31.5 Å². The van der Waals surface area contributed by atoms with Crippen LogP contribution in [0.1, 0.15) is 44.0 Å². The smallest absolute Gasteiger partial charge is 0.104 e. The van der Waals surface area contributed by atoms with Crippen LogP contribution < -0.4 is 5.32 Å². The first kappa shape index (κ1) is 15.9. The number of hydrogen-bond donors (Lipinski definition) is 1.